The average molecular weight is 1060 g/mol. The van der Waals surface area contributed by atoms with E-state index in [4.69, 9.17) is 14.2 Å². The minimum Gasteiger partial charge on any atom is -0.462 e. The molecule has 440 valence electrons. The van der Waals surface area contributed by atoms with Gasteiger partial charge in [-0.3, -0.25) is 14.4 Å². The van der Waals surface area contributed by atoms with Crippen LogP contribution in [0.2, 0.25) is 0 Å². The molecule has 0 spiro atoms. The maximum absolute atomic E-state index is 12.9. The Morgan fingerprint density at radius 3 is 0.829 bits per heavy atom. The predicted octanol–water partition coefficient (Wildman–Crippen LogP) is 22.5. The van der Waals surface area contributed by atoms with Gasteiger partial charge in [-0.15, -0.1) is 0 Å². The van der Waals surface area contributed by atoms with E-state index in [1.165, 1.54) is 199 Å². The van der Waals surface area contributed by atoms with Gasteiger partial charge in [0.15, 0.2) is 6.10 Å². The van der Waals surface area contributed by atoms with Crippen molar-refractivity contribution >= 4 is 17.9 Å². The molecular formula is C70H124O6. The molecule has 1 atom stereocenters. The molecule has 0 fully saturated rings. The van der Waals surface area contributed by atoms with Crippen LogP contribution in [0.5, 0.6) is 0 Å². The van der Waals surface area contributed by atoms with Crippen LogP contribution in [-0.2, 0) is 28.6 Å². The van der Waals surface area contributed by atoms with Gasteiger partial charge in [0.25, 0.3) is 0 Å². The van der Waals surface area contributed by atoms with Gasteiger partial charge in [-0.2, -0.15) is 0 Å². The van der Waals surface area contributed by atoms with Crippen LogP contribution in [-0.4, -0.2) is 37.2 Å². The Bertz CT molecular complexity index is 1400. The van der Waals surface area contributed by atoms with Gasteiger partial charge < -0.3 is 14.2 Å². The molecule has 0 aliphatic rings. The Hall–Kier alpha value is -3.15. The summed E-state index contributed by atoms with van der Waals surface area (Å²) in [6.07, 6.45) is 83.6. The lowest BCUT2D eigenvalue weighted by Crippen LogP contribution is -2.30. The van der Waals surface area contributed by atoms with E-state index in [0.717, 1.165) is 96.3 Å². The van der Waals surface area contributed by atoms with Crippen molar-refractivity contribution in [3.8, 4) is 0 Å². The molecule has 0 aromatic rings. The van der Waals surface area contributed by atoms with Crippen LogP contribution in [0.25, 0.3) is 0 Å². The number of hydrogen-bond donors (Lipinski definition) is 0. The van der Waals surface area contributed by atoms with Gasteiger partial charge in [-0.25, -0.2) is 0 Å². The molecule has 0 aliphatic heterocycles. The van der Waals surface area contributed by atoms with Crippen molar-refractivity contribution in [3.05, 3.63) is 72.9 Å². The van der Waals surface area contributed by atoms with Gasteiger partial charge in [0.2, 0.25) is 0 Å². The van der Waals surface area contributed by atoms with Crippen molar-refractivity contribution in [2.45, 2.75) is 341 Å². The Labute approximate surface area is 472 Å². The second-order valence-corrected chi connectivity index (χ2v) is 22.0. The van der Waals surface area contributed by atoms with E-state index in [2.05, 4.69) is 93.7 Å². The first-order valence-electron chi connectivity index (χ1n) is 32.9. The van der Waals surface area contributed by atoms with Gasteiger partial charge >= 0.3 is 17.9 Å². The van der Waals surface area contributed by atoms with Crippen molar-refractivity contribution in [2.75, 3.05) is 13.2 Å². The third-order valence-electron chi connectivity index (χ3n) is 14.4. The molecule has 6 heteroatoms. The van der Waals surface area contributed by atoms with Crippen LogP contribution in [0.15, 0.2) is 72.9 Å². The molecule has 0 aromatic heterocycles. The van der Waals surface area contributed by atoms with E-state index in [1.54, 1.807) is 0 Å². The van der Waals surface area contributed by atoms with Crippen molar-refractivity contribution in [2.24, 2.45) is 0 Å². The first-order valence-corrected chi connectivity index (χ1v) is 32.9. The molecule has 0 amide bonds. The zero-order valence-electron chi connectivity index (χ0n) is 50.5. The Morgan fingerprint density at radius 2 is 0.500 bits per heavy atom. The summed E-state index contributed by atoms with van der Waals surface area (Å²) in [5.41, 5.74) is 0. The van der Waals surface area contributed by atoms with Crippen LogP contribution >= 0.6 is 0 Å². The highest BCUT2D eigenvalue weighted by atomic mass is 16.6. The summed E-state index contributed by atoms with van der Waals surface area (Å²) in [7, 11) is 0. The molecule has 0 rings (SSSR count). The number of carbonyl (C=O) groups excluding carboxylic acids is 3. The maximum atomic E-state index is 12.9. The largest absolute Gasteiger partial charge is 0.462 e. The van der Waals surface area contributed by atoms with Gasteiger partial charge in [0.05, 0.1) is 0 Å². The van der Waals surface area contributed by atoms with Crippen LogP contribution in [0.3, 0.4) is 0 Å². The van der Waals surface area contributed by atoms with E-state index >= 15 is 0 Å². The highest BCUT2D eigenvalue weighted by molar-refractivity contribution is 5.71. The number of allylic oxidation sites excluding steroid dienone is 12. The predicted molar refractivity (Wildman–Crippen MR) is 330 cm³/mol. The monoisotopic (exact) mass is 1060 g/mol. The first kappa shape index (κ1) is 72.8. The van der Waals surface area contributed by atoms with Crippen molar-refractivity contribution in [1.29, 1.82) is 0 Å². The van der Waals surface area contributed by atoms with E-state index in [-0.39, 0.29) is 31.1 Å². The Morgan fingerprint density at radius 1 is 0.263 bits per heavy atom. The SMILES string of the molecule is CCC/C=C\CCCCCCCC(=O)OCC(COC(=O)CCCCCCCCCCCCCCCCCC/C=C\C/C=C\C/C=C\CCCCCCC)OC(=O)CCCCCCCCC/C=C\C/C=C\CCCCC. The van der Waals surface area contributed by atoms with Gasteiger partial charge in [-0.1, -0.05) is 280 Å². The van der Waals surface area contributed by atoms with Crippen molar-refractivity contribution in [1.82, 2.24) is 0 Å². The van der Waals surface area contributed by atoms with Crippen molar-refractivity contribution in [3.63, 3.8) is 0 Å². The highest BCUT2D eigenvalue weighted by Crippen LogP contribution is 2.17. The lowest BCUT2D eigenvalue weighted by molar-refractivity contribution is -0.167. The Kier molecular flexibility index (Phi) is 61.7. The van der Waals surface area contributed by atoms with Crippen LogP contribution in [0, 0.1) is 0 Å². The average Bonchev–Trinajstić information content (AvgIpc) is 3.42. The Balaban J connectivity index is 4.13. The fourth-order valence-electron chi connectivity index (χ4n) is 9.43. The zero-order valence-corrected chi connectivity index (χ0v) is 50.5. The number of rotatable bonds is 60. The standard InChI is InChI=1S/C70H124O6/c1-4-7-10-13-16-19-22-24-26-28-29-30-31-32-33-34-35-36-37-38-39-40-41-43-44-46-48-51-54-57-60-63-69(72)75-66-67(65-74-68(71)62-59-56-53-50-21-18-15-12-9-6-3)76-70(73)64-61-58-55-52-49-47-45-42-27-25-23-20-17-14-11-8-5-2/h12,15,17,20,22,24-25,27-29,31-32,67H,4-11,13-14,16,18-19,21,23,26,30,33-66H2,1-3H3/b15-12-,20-17-,24-22-,27-25-,29-28-,32-31-. The van der Waals surface area contributed by atoms with Gasteiger partial charge in [0, 0.05) is 19.3 Å². The van der Waals surface area contributed by atoms with E-state index in [1.807, 2.05) is 0 Å². The summed E-state index contributed by atoms with van der Waals surface area (Å²) in [4.78, 5) is 38.2. The second-order valence-electron chi connectivity index (χ2n) is 22.0. The summed E-state index contributed by atoms with van der Waals surface area (Å²) < 4.78 is 16.9. The van der Waals surface area contributed by atoms with Gasteiger partial charge in [0.1, 0.15) is 13.2 Å². The van der Waals surface area contributed by atoms with E-state index in [0.29, 0.717) is 19.3 Å². The number of carbonyl (C=O) groups is 3. The molecule has 0 heterocycles. The summed E-state index contributed by atoms with van der Waals surface area (Å²) >= 11 is 0. The number of ether oxygens (including phenoxy) is 3. The third-order valence-corrected chi connectivity index (χ3v) is 14.4. The number of unbranched alkanes of at least 4 members (excludes halogenated alkanes) is 37. The fourth-order valence-corrected chi connectivity index (χ4v) is 9.43. The molecule has 6 nitrogen and oxygen atoms in total. The van der Waals surface area contributed by atoms with Crippen molar-refractivity contribution < 1.29 is 28.6 Å². The van der Waals surface area contributed by atoms with Crippen LogP contribution in [0.4, 0.5) is 0 Å². The molecule has 0 saturated heterocycles. The van der Waals surface area contributed by atoms with Gasteiger partial charge in [-0.05, 0) is 109 Å². The third kappa shape index (κ3) is 61.7. The molecule has 0 aliphatic carbocycles. The normalized spacial score (nSPS) is 12.5. The minimum atomic E-state index is -0.782. The molecule has 0 aromatic carbocycles. The molecule has 1 unspecified atom stereocenters. The summed E-state index contributed by atoms with van der Waals surface area (Å²) in [6.45, 7) is 6.56. The molecule has 0 N–H and O–H groups in total. The molecule has 76 heavy (non-hydrogen) atoms. The first-order chi connectivity index (χ1) is 37.5. The quantitative estimate of drug-likeness (QED) is 0.0261. The highest BCUT2D eigenvalue weighted by Gasteiger charge is 2.19. The minimum absolute atomic E-state index is 0.0791. The van der Waals surface area contributed by atoms with Crippen LogP contribution in [0.1, 0.15) is 335 Å². The van der Waals surface area contributed by atoms with Crippen LogP contribution < -0.4 is 0 Å². The van der Waals surface area contributed by atoms with E-state index in [9.17, 15) is 14.4 Å². The lowest BCUT2D eigenvalue weighted by atomic mass is 10.0. The summed E-state index contributed by atoms with van der Waals surface area (Å²) in [5, 5.41) is 0. The lowest BCUT2D eigenvalue weighted by Gasteiger charge is -2.18. The fraction of sp³-hybridized carbons (Fsp3) is 0.786. The smallest absolute Gasteiger partial charge is 0.306 e. The molecule has 0 saturated carbocycles. The topological polar surface area (TPSA) is 78.9 Å². The number of hydrogen-bond acceptors (Lipinski definition) is 6. The maximum Gasteiger partial charge on any atom is 0.306 e. The zero-order chi connectivity index (χ0) is 55.0. The molecule has 0 radical (unpaired) electrons. The summed E-state index contributed by atoms with van der Waals surface area (Å²) in [6, 6.07) is 0. The molecular weight excluding hydrogens is 937 g/mol. The summed E-state index contributed by atoms with van der Waals surface area (Å²) in [5.74, 6) is -0.885. The number of esters is 3. The molecule has 0 bridgehead atoms. The van der Waals surface area contributed by atoms with E-state index < -0.39 is 6.10 Å². The second kappa shape index (κ2) is 64.4.